The molecule has 0 atom stereocenters. The molecule has 2 rings (SSSR count). The third kappa shape index (κ3) is 2.41. The van der Waals surface area contributed by atoms with Gasteiger partial charge in [-0.15, -0.1) is 0 Å². The van der Waals surface area contributed by atoms with Crippen molar-refractivity contribution in [1.29, 1.82) is 5.26 Å². The Balaban J connectivity index is 2.37. The molecule has 0 aromatic heterocycles. The molecule has 0 heterocycles. The molecule has 0 radical (unpaired) electrons. The number of benzene rings is 2. The van der Waals surface area contributed by atoms with Crippen LogP contribution in [0, 0.1) is 24.1 Å². The Bertz CT molecular complexity index is 632. The maximum absolute atomic E-state index is 12.9. The molecule has 18 heavy (non-hydrogen) atoms. The van der Waals surface area contributed by atoms with Crippen molar-refractivity contribution in [1.82, 2.24) is 0 Å². The van der Waals surface area contributed by atoms with E-state index < -0.39 is 5.82 Å². The molecule has 0 saturated heterocycles. The summed E-state index contributed by atoms with van der Waals surface area (Å²) in [7, 11) is 0. The molecular formula is C14H11FN2O. The fourth-order valence-corrected chi connectivity index (χ4v) is 1.55. The number of nitrogens with zero attached hydrogens (tertiary/aromatic N) is 1. The second kappa shape index (κ2) is 4.76. The lowest BCUT2D eigenvalue weighted by Gasteiger charge is -2.10. The third-order valence-corrected chi connectivity index (χ3v) is 2.45. The van der Waals surface area contributed by atoms with Crippen LogP contribution in [0.3, 0.4) is 0 Å². The van der Waals surface area contributed by atoms with E-state index in [0.717, 1.165) is 5.56 Å². The van der Waals surface area contributed by atoms with E-state index in [2.05, 4.69) is 0 Å². The highest BCUT2D eigenvalue weighted by molar-refractivity contribution is 5.56. The first-order chi connectivity index (χ1) is 8.60. The quantitative estimate of drug-likeness (QED) is 0.821. The van der Waals surface area contributed by atoms with Gasteiger partial charge in [-0.05, 0) is 36.8 Å². The highest BCUT2D eigenvalue weighted by atomic mass is 19.1. The number of nitriles is 1. The molecule has 0 saturated carbocycles. The van der Waals surface area contributed by atoms with Crippen LogP contribution in [0.5, 0.6) is 11.5 Å². The Kier molecular flexibility index (Phi) is 3.16. The first-order valence-electron chi connectivity index (χ1n) is 5.34. The van der Waals surface area contributed by atoms with Gasteiger partial charge in [-0.2, -0.15) is 5.26 Å². The normalized spacial score (nSPS) is 9.83. The summed E-state index contributed by atoms with van der Waals surface area (Å²) in [6.45, 7) is 1.89. The Morgan fingerprint density at radius 2 is 1.89 bits per heavy atom. The number of nitrogens with two attached hydrogens (primary N) is 1. The number of rotatable bonds is 2. The maximum Gasteiger partial charge on any atom is 0.150 e. The van der Waals surface area contributed by atoms with E-state index in [1.807, 2.05) is 19.1 Å². The molecule has 0 unspecified atom stereocenters. The van der Waals surface area contributed by atoms with Gasteiger partial charge in [0.25, 0.3) is 0 Å². The van der Waals surface area contributed by atoms with Crippen molar-refractivity contribution in [2.75, 3.05) is 5.73 Å². The largest absolute Gasteiger partial charge is 0.454 e. The standard InChI is InChI=1S/C14H11FN2O/c1-9-2-4-13(10(6-9)8-16)18-14-5-3-11(15)7-12(14)17/h2-7H,17H2,1H3. The summed E-state index contributed by atoms with van der Waals surface area (Å²) in [6, 6.07) is 11.2. The van der Waals surface area contributed by atoms with Crippen LogP contribution in [0.2, 0.25) is 0 Å². The number of anilines is 1. The van der Waals surface area contributed by atoms with Crippen molar-refractivity contribution in [3.63, 3.8) is 0 Å². The topological polar surface area (TPSA) is 59.0 Å². The Labute approximate surface area is 104 Å². The minimum atomic E-state index is -0.427. The predicted molar refractivity (Wildman–Crippen MR) is 66.8 cm³/mol. The lowest BCUT2D eigenvalue weighted by Crippen LogP contribution is -1.94. The van der Waals surface area contributed by atoms with Gasteiger partial charge < -0.3 is 10.5 Å². The summed E-state index contributed by atoms with van der Waals surface area (Å²) >= 11 is 0. The smallest absolute Gasteiger partial charge is 0.150 e. The van der Waals surface area contributed by atoms with Crippen LogP contribution in [0.4, 0.5) is 10.1 Å². The van der Waals surface area contributed by atoms with Gasteiger partial charge in [0, 0.05) is 6.07 Å². The molecule has 2 N–H and O–H groups in total. The molecule has 2 aromatic rings. The number of ether oxygens (including phenoxy) is 1. The summed E-state index contributed by atoms with van der Waals surface area (Å²) in [5, 5.41) is 9.01. The molecule has 3 nitrogen and oxygen atoms in total. The van der Waals surface area contributed by atoms with Crippen molar-refractivity contribution in [2.24, 2.45) is 0 Å². The van der Waals surface area contributed by atoms with Gasteiger partial charge in [0.2, 0.25) is 0 Å². The number of hydrogen-bond donors (Lipinski definition) is 1. The minimum absolute atomic E-state index is 0.194. The molecule has 0 amide bonds. The number of nitrogen functional groups attached to an aromatic ring is 1. The van der Waals surface area contributed by atoms with Crippen LogP contribution >= 0.6 is 0 Å². The van der Waals surface area contributed by atoms with E-state index in [9.17, 15) is 4.39 Å². The molecule has 2 aromatic carbocycles. The SMILES string of the molecule is Cc1ccc(Oc2ccc(F)cc2N)c(C#N)c1. The second-order valence-corrected chi connectivity index (χ2v) is 3.90. The van der Waals surface area contributed by atoms with Crippen LogP contribution in [0.25, 0.3) is 0 Å². The zero-order chi connectivity index (χ0) is 13.1. The number of aryl methyl sites for hydroxylation is 1. The molecule has 0 bridgehead atoms. The molecular weight excluding hydrogens is 231 g/mol. The zero-order valence-electron chi connectivity index (χ0n) is 9.77. The molecule has 0 fully saturated rings. The van der Waals surface area contributed by atoms with Crippen LogP contribution in [-0.2, 0) is 0 Å². The Morgan fingerprint density at radius 1 is 1.17 bits per heavy atom. The monoisotopic (exact) mass is 242 g/mol. The molecule has 0 aliphatic rings. The maximum atomic E-state index is 12.9. The van der Waals surface area contributed by atoms with Gasteiger partial charge >= 0.3 is 0 Å². The van der Waals surface area contributed by atoms with E-state index in [-0.39, 0.29) is 5.69 Å². The van der Waals surface area contributed by atoms with Gasteiger partial charge in [-0.3, -0.25) is 0 Å². The highest BCUT2D eigenvalue weighted by Gasteiger charge is 2.08. The summed E-state index contributed by atoms with van der Waals surface area (Å²) in [4.78, 5) is 0. The highest BCUT2D eigenvalue weighted by Crippen LogP contribution is 2.30. The van der Waals surface area contributed by atoms with Gasteiger partial charge in [0.05, 0.1) is 11.3 Å². The second-order valence-electron chi connectivity index (χ2n) is 3.90. The lowest BCUT2D eigenvalue weighted by atomic mass is 10.1. The van der Waals surface area contributed by atoms with Crippen LogP contribution in [-0.4, -0.2) is 0 Å². The van der Waals surface area contributed by atoms with E-state index in [1.54, 1.807) is 12.1 Å². The van der Waals surface area contributed by atoms with Crippen LogP contribution in [0.1, 0.15) is 11.1 Å². The fourth-order valence-electron chi connectivity index (χ4n) is 1.55. The van der Waals surface area contributed by atoms with E-state index in [4.69, 9.17) is 15.7 Å². The van der Waals surface area contributed by atoms with Crippen molar-refractivity contribution >= 4 is 5.69 Å². The van der Waals surface area contributed by atoms with Gasteiger partial charge in [-0.25, -0.2) is 4.39 Å². The molecule has 90 valence electrons. The molecule has 4 heteroatoms. The van der Waals surface area contributed by atoms with Crippen molar-refractivity contribution < 1.29 is 9.13 Å². The lowest BCUT2D eigenvalue weighted by molar-refractivity contribution is 0.481. The molecule has 0 spiro atoms. The average Bonchev–Trinajstić information content (AvgIpc) is 2.34. The van der Waals surface area contributed by atoms with Gasteiger partial charge in [0.1, 0.15) is 17.6 Å². The first kappa shape index (κ1) is 11.9. The van der Waals surface area contributed by atoms with Crippen molar-refractivity contribution in [2.45, 2.75) is 6.92 Å². The first-order valence-corrected chi connectivity index (χ1v) is 5.34. The summed E-state index contributed by atoms with van der Waals surface area (Å²) < 4.78 is 18.4. The summed E-state index contributed by atoms with van der Waals surface area (Å²) in [5.41, 5.74) is 7.22. The van der Waals surface area contributed by atoms with E-state index in [1.165, 1.54) is 18.2 Å². The molecule has 0 aliphatic carbocycles. The van der Waals surface area contributed by atoms with E-state index >= 15 is 0 Å². The zero-order valence-corrected chi connectivity index (χ0v) is 9.77. The molecule has 0 aliphatic heterocycles. The van der Waals surface area contributed by atoms with Crippen LogP contribution in [0.15, 0.2) is 36.4 Å². The Hall–Kier alpha value is -2.54. The van der Waals surface area contributed by atoms with Crippen molar-refractivity contribution in [3.8, 4) is 17.6 Å². The Morgan fingerprint density at radius 3 is 2.56 bits per heavy atom. The summed E-state index contributed by atoms with van der Waals surface area (Å²) in [6.07, 6.45) is 0. The minimum Gasteiger partial charge on any atom is -0.454 e. The summed E-state index contributed by atoms with van der Waals surface area (Å²) in [5.74, 6) is 0.308. The average molecular weight is 242 g/mol. The van der Waals surface area contributed by atoms with E-state index in [0.29, 0.717) is 17.1 Å². The van der Waals surface area contributed by atoms with Crippen LogP contribution < -0.4 is 10.5 Å². The third-order valence-electron chi connectivity index (χ3n) is 2.45. The number of hydrogen-bond acceptors (Lipinski definition) is 3. The van der Waals surface area contributed by atoms with Crippen molar-refractivity contribution in [3.05, 3.63) is 53.3 Å². The van der Waals surface area contributed by atoms with Gasteiger partial charge in [-0.1, -0.05) is 6.07 Å². The number of halogens is 1. The fraction of sp³-hybridized carbons (Fsp3) is 0.0714. The predicted octanol–water partition coefficient (Wildman–Crippen LogP) is 3.38. The van der Waals surface area contributed by atoms with Gasteiger partial charge in [0.15, 0.2) is 5.75 Å².